The second-order valence-corrected chi connectivity index (χ2v) is 8.47. The first-order valence-electron chi connectivity index (χ1n) is 11.7. The molecular formula is C26H22N6O8. The monoisotopic (exact) mass is 546 g/mol. The molecule has 2 aromatic heterocycles. The number of non-ortho nitro benzene ring substituents is 2. The first-order valence-corrected chi connectivity index (χ1v) is 11.7. The van der Waals surface area contributed by atoms with Crippen molar-refractivity contribution in [1.29, 1.82) is 0 Å². The van der Waals surface area contributed by atoms with Gasteiger partial charge in [-0.05, 0) is 36.4 Å². The Hall–Kier alpha value is -5.66. The van der Waals surface area contributed by atoms with Crippen molar-refractivity contribution in [3.63, 3.8) is 0 Å². The molecule has 14 heteroatoms. The summed E-state index contributed by atoms with van der Waals surface area (Å²) in [5.41, 5.74) is 1.02. The molecule has 4 aromatic rings. The van der Waals surface area contributed by atoms with E-state index in [0.717, 1.165) is 12.1 Å². The average molecular weight is 546 g/mol. The molecule has 14 nitrogen and oxygen atoms in total. The third kappa shape index (κ3) is 6.80. The fourth-order valence-electron chi connectivity index (χ4n) is 3.92. The van der Waals surface area contributed by atoms with Crippen LogP contribution in [0.2, 0.25) is 0 Å². The van der Waals surface area contributed by atoms with Gasteiger partial charge in [0.2, 0.25) is 0 Å². The highest BCUT2D eigenvalue weighted by Crippen LogP contribution is 2.34. The minimum Gasteiger partial charge on any atom is -0.261 e. The summed E-state index contributed by atoms with van der Waals surface area (Å²) in [7, 11) is 0. The molecule has 2 heterocycles. The fraction of sp³-hybridized carbons (Fsp3) is 0.154. The number of aromatic nitrogens is 2. The van der Waals surface area contributed by atoms with Crippen LogP contribution in [0, 0.1) is 40.5 Å². The second-order valence-electron chi connectivity index (χ2n) is 8.47. The van der Waals surface area contributed by atoms with Crippen LogP contribution in [0.1, 0.15) is 48.2 Å². The minimum absolute atomic E-state index is 0.266. The fourth-order valence-corrected chi connectivity index (χ4v) is 3.92. The summed E-state index contributed by atoms with van der Waals surface area (Å²) in [5.74, 6) is -0.644. The molecular weight excluding hydrogens is 524 g/mol. The van der Waals surface area contributed by atoms with Crippen LogP contribution in [-0.4, -0.2) is 29.7 Å². The smallest absolute Gasteiger partial charge is 0.261 e. The first kappa shape index (κ1) is 28.9. The predicted octanol–water partition coefficient (Wildman–Crippen LogP) is 6.10. The summed E-state index contributed by atoms with van der Waals surface area (Å²) in [5, 5.41) is 43.6. The van der Waals surface area contributed by atoms with Gasteiger partial charge in [-0.15, -0.1) is 0 Å². The Bertz CT molecular complexity index is 1430. The van der Waals surface area contributed by atoms with Crippen molar-refractivity contribution in [1.82, 2.24) is 9.97 Å². The molecule has 0 unspecified atom stereocenters. The van der Waals surface area contributed by atoms with Crippen LogP contribution in [0.15, 0.2) is 85.2 Å². The third-order valence-corrected chi connectivity index (χ3v) is 6.04. The van der Waals surface area contributed by atoms with Crippen molar-refractivity contribution in [2.45, 2.75) is 25.7 Å². The quantitative estimate of drug-likeness (QED) is 0.184. The molecule has 204 valence electrons. The molecule has 40 heavy (non-hydrogen) atoms. The standard InChI is InChI=1S/2C13H11N3O4/c2*1-9(12-4-2-3-7-14-12)11-6-5-10(15(17)18)8-13(11)16(19)20/h2*2-9H,1H3/t2*9-/m10/s1. The Morgan fingerprint density at radius 1 is 0.550 bits per heavy atom. The summed E-state index contributed by atoms with van der Waals surface area (Å²) in [4.78, 5) is 49.4. The van der Waals surface area contributed by atoms with Gasteiger partial charge in [-0.2, -0.15) is 0 Å². The maximum atomic E-state index is 11.1. The number of nitro benzene ring substituents is 4. The molecule has 0 spiro atoms. The Labute approximate surface area is 226 Å². The molecule has 2 aromatic carbocycles. The number of nitro groups is 4. The highest BCUT2D eigenvalue weighted by molar-refractivity contribution is 5.53. The maximum Gasteiger partial charge on any atom is 0.280 e. The van der Waals surface area contributed by atoms with Crippen molar-refractivity contribution in [3.05, 3.63) is 148 Å². The normalized spacial score (nSPS) is 11.8. The zero-order valence-electron chi connectivity index (χ0n) is 21.2. The lowest BCUT2D eigenvalue weighted by molar-refractivity contribution is -0.394. The van der Waals surface area contributed by atoms with Gasteiger partial charge in [-0.3, -0.25) is 50.4 Å². The lowest BCUT2D eigenvalue weighted by Gasteiger charge is -2.11. The van der Waals surface area contributed by atoms with E-state index >= 15 is 0 Å². The van der Waals surface area contributed by atoms with Crippen molar-refractivity contribution in [2.24, 2.45) is 0 Å². The van der Waals surface area contributed by atoms with Crippen LogP contribution in [0.25, 0.3) is 0 Å². The van der Waals surface area contributed by atoms with Crippen LogP contribution >= 0.6 is 0 Å². The summed E-state index contributed by atoms with van der Waals surface area (Å²) >= 11 is 0. The Balaban J connectivity index is 0.000000220. The van der Waals surface area contributed by atoms with Crippen molar-refractivity contribution in [3.8, 4) is 0 Å². The van der Waals surface area contributed by atoms with E-state index in [1.54, 1.807) is 62.6 Å². The van der Waals surface area contributed by atoms with Gasteiger partial charge >= 0.3 is 0 Å². The number of hydrogen-bond donors (Lipinski definition) is 0. The van der Waals surface area contributed by atoms with E-state index in [4.69, 9.17) is 0 Å². The lowest BCUT2D eigenvalue weighted by atomic mass is 9.95. The molecule has 0 radical (unpaired) electrons. The zero-order chi connectivity index (χ0) is 29.4. The average Bonchev–Trinajstić information content (AvgIpc) is 2.96. The summed E-state index contributed by atoms with van der Waals surface area (Å²) < 4.78 is 0. The Morgan fingerprint density at radius 3 is 1.20 bits per heavy atom. The van der Waals surface area contributed by atoms with Gasteiger partial charge in [-0.25, -0.2) is 0 Å². The van der Waals surface area contributed by atoms with E-state index < -0.39 is 19.7 Å². The number of pyridine rings is 2. The molecule has 0 N–H and O–H groups in total. The molecule has 0 fully saturated rings. The highest BCUT2D eigenvalue weighted by Gasteiger charge is 2.25. The highest BCUT2D eigenvalue weighted by atomic mass is 16.6. The van der Waals surface area contributed by atoms with E-state index in [0.29, 0.717) is 22.5 Å². The van der Waals surface area contributed by atoms with Crippen LogP contribution < -0.4 is 0 Å². The Kier molecular flexibility index (Phi) is 9.20. The second kappa shape index (κ2) is 12.7. The van der Waals surface area contributed by atoms with Gasteiger partial charge in [0.1, 0.15) is 0 Å². The van der Waals surface area contributed by atoms with Crippen LogP contribution in [0.5, 0.6) is 0 Å². The van der Waals surface area contributed by atoms with Gasteiger partial charge in [-0.1, -0.05) is 26.0 Å². The first-order chi connectivity index (χ1) is 19.0. The van der Waals surface area contributed by atoms with E-state index in [9.17, 15) is 40.5 Å². The molecule has 0 amide bonds. The number of nitrogens with zero attached hydrogens (tertiary/aromatic N) is 6. The Morgan fingerprint density at radius 2 is 0.925 bits per heavy atom. The van der Waals surface area contributed by atoms with Gasteiger partial charge in [0.15, 0.2) is 0 Å². The minimum atomic E-state index is -0.651. The van der Waals surface area contributed by atoms with Gasteiger partial charge in [0.05, 0.1) is 31.8 Å². The molecule has 2 atom stereocenters. The SMILES string of the molecule is C[C@@H](c1ccccn1)c1ccc([N+](=O)[O-])cc1[N+](=O)[O-].C[C@H](c1ccccn1)c1ccc([N+](=O)[O-])cc1[N+](=O)[O-]. The number of rotatable bonds is 8. The van der Waals surface area contributed by atoms with Crippen LogP contribution in [0.4, 0.5) is 22.7 Å². The van der Waals surface area contributed by atoms with Crippen LogP contribution in [0.3, 0.4) is 0 Å². The predicted molar refractivity (Wildman–Crippen MR) is 143 cm³/mol. The molecule has 0 bridgehead atoms. The van der Waals surface area contributed by atoms with Crippen LogP contribution in [-0.2, 0) is 0 Å². The number of hydrogen-bond acceptors (Lipinski definition) is 10. The summed E-state index contributed by atoms with van der Waals surface area (Å²) in [6.45, 7) is 3.55. The van der Waals surface area contributed by atoms with Crippen molar-refractivity contribution in [2.75, 3.05) is 0 Å². The molecule has 0 aliphatic heterocycles. The number of benzene rings is 2. The van der Waals surface area contributed by atoms with Gasteiger partial charge < -0.3 is 0 Å². The van der Waals surface area contributed by atoms with Gasteiger partial charge in [0.25, 0.3) is 22.7 Å². The summed E-state index contributed by atoms with van der Waals surface area (Å²) in [6.07, 6.45) is 3.20. The van der Waals surface area contributed by atoms with E-state index in [-0.39, 0.29) is 34.6 Å². The topological polar surface area (TPSA) is 198 Å². The van der Waals surface area contributed by atoms with Crippen molar-refractivity contribution >= 4 is 22.7 Å². The summed E-state index contributed by atoms with van der Waals surface area (Å²) in [6, 6.07) is 17.9. The van der Waals surface area contributed by atoms with E-state index in [2.05, 4.69) is 9.97 Å². The van der Waals surface area contributed by atoms with Crippen molar-refractivity contribution < 1.29 is 19.7 Å². The largest absolute Gasteiger partial charge is 0.280 e. The van der Waals surface area contributed by atoms with E-state index in [1.807, 2.05) is 0 Å². The third-order valence-electron chi connectivity index (χ3n) is 6.04. The van der Waals surface area contributed by atoms with Gasteiger partial charge in [0, 0.05) is 58.9 Å². The molecule has 0 saturated carbocycles. The molecule has 0 aliphatic carbocycles. The maximum absolute atomic E-state index is 11.1. The zero-order valence-corrected chi connectivity index (χ0v) is 21.2. The molecule has 0 saturated heterocycles. The lowest BCUT2D eigenvalue weighted by Crippen LogP contribution is -2.04. The molecule has 0 aliphatic rings. The van der Waals surface area contributed by atoms with E-state index in [1.165, 1.54) is 24.3 Å². The molecule has 4 rings (SSSR count).